The summed E-state index contributed by atoms with van der Waals surface area (Å²) in [6, 6.07) is 8.52. The number of thiophene rings is 1. The first-order valence-electron chi connectivity index (χ1n) is 8.61. The minimum atomic E-state index is -0.882. The van der Waals surface area contributed by atoms with Gasteiger partial charge in [-0.25, -0.2) is 4.79 Å². The zero-order valence-electron chi connectivity index (χ0n) is 14.1. The third-order valence-electron chi connectivity index (χ3n) is 5.69. The molecule has 0 aliphatic carbocycles. The topological polar surface area (TPSA) is 43.8 Å². The number of hydrogen-bond donors (Lipinski definition) is 1. The molecule has 1 amide bonds. The van der Waals surface area contributed by atoms with Crippen LogP contribution in [0.2, 0.25) is 5.02 Å². The zero-order chi connectivity index (χ0) is 17.6. The van der Waals surface area contributed by atoms with Gasteiger partial charge in [-0.3, -0.25) is 4.90 Å². The number of rotatable bonds is 3. The number of benzene rings is 1. The molecule has 0 radical (unpaired) electrons. The fourth-order valence-electron chi connectivity index (χ4n) is 4.42. The van der Waals surface area contributed by atoms with Crippen LogP contribution in [0.5, 0.6) is 0 Å². The molecule has 0 saturated carbocycles. The Bertz CT molecular complexity index is 766. The Morgan fingerprint density at radius 3 is 2.60 bits per heavy atom. The predicted octanol–water partition coefficient (Wildman–Crippen LogP) is 5.18. The quantitative estimate of drug-likeness (QED) is 0.802. The summed E-state index contributed by atoms with van der Waals surface area (Å²) in [4.78, 5) is 16.2. The Kier molecular flexibility index (Phi) is 4.48. The van der Waals surface area contributed by atoms with Crippen molar-refractivity contribution in [3.05, 3.63) is 40.0 Å². The number of piperidine rings is 1. The first-order chi connectivity index (χ1) is 12.0. The standard InChI is InChI=1S/C19H21ClN2O2S/c1-21-14-3-4-15(21)10-16(9-14)22(19(23)24)18-5-2-13(20)8-17(18)12-6-7-25-11-12/h2,5-8,11,14-16H,3-4,9-10H2,1H3,(H,23,24)/t14-,15+,16+. The van der Waals surface area contributed by atoms with E-state index in [1.54, 1.807) is 22.3 Å². The average molecular weight is 377 g/mol. The molecule has 2 fully saturated rings. The molecule has 2 saturated heterocycles. The van der Waals surface area contributed by atoms with E-state index >= 15 is 0 Å². The van der Waals surface area contributed by atoms with Gasteiger partial charge in [0.1, 0.15) is 0 Å². The highest BCUT2D eigenvalue weighted by Gasteiger charge is 2.42. The second-order valence-electron chi connectivity index (χ2n) is 7.00. The molecule has 6 heteroatoms. The highest BCUT2D eigenvalue weighted by molar-refractivity contribution is 7.08. The molecule has 2 aliphatic rings. The van der Waals surface area contributed by atoms with Crippen molar-refractivity contribution in [1.82, 2.24) is 4.90 Å². The second kappa shape index (κ2) is 6.63. The van der Waals surface area contributed by atoms with Gasteiger partial charge in [-0.1, -0.05) is 11.6 Å². The molecule has 2 aliphatic heterocycles. The van der Waals surface area contributed by atoms with Crippen LogP contribution >= 0.6 is 22.9 Å². The highest BCUT2D eigenvalue weighted by atomic mass is 35.5. The minimum Gasteiger partial charge on any atom is -0.465 e. The monoisotopic (exact) mass is 376 g/mol. The number of amides is 1. The summed E-state index contributed by atoms with van der Waals surface area (Å²) < 4.78 is 0. The van der Waals surface area contributed by atoms with Crippen molar-refractivity contribution in [3.63, 3.8) is 0 Å². The lowest BCUT2D eigenvalue weighted by atomic mass is 9.95. The molecular formula is C19H21ClN2O2S. The van der Waals surface area contributed by atoms with E-state index in [-0.39, 0.29) is 6.04 Å². The summed E-state index contributed by atoms with van der Waals surface area (Å²) in [7, 11) is 2.17. The number of carboxylic acid groups (broad SMARTS) is 1. The van der Waals surface area contributed by atoms with Crippen LogP contribution in [-0.2, 0) is 0 Å². The van der Waals surface area contributed by atoms with Gasteiger partial charge >= 0.3 is 6.09 Å². The van der Waals surface area contributed by atoms with E-state index < -0.39 is 6.09 Å². The molecule has 0 spiro atoms. The van der Waals surface area contributed by atoms with Crippen molar-refractivity contribution in [2.75, 3.05) is 11.9 Å². The molecule has 4 rings (SSSR count). The van der Waals surface area contributed by atoms with Crippen molar-refractivity contribution in [1.29, 1.82) is 0 Å². The number of hydrogen-bond acceptors (Lipinski definition) is 3. The van der Waals surface area contributed by atoms with E-state index in [0.717, 1.165) is 29.7 Å². The lowest BCUT2D eigenvalue weighted by molar-refractivity contribution is 0.151. The van der Waals surface area contributed by atoms with Crippen LogP contribution in [0.4, 0.5) is 10.5 Å². The van der Waals surface area contributed by atoms with Crippen LogP contribution in [0.3, 0.4) is 0 Å². The summed E-state index contributed by atoms with van der Waals surface area (Å²) in [5.74, 6) is 0. The summed E-state index contributed by atoms with van der Waals surface area (Å²) in [6.07, 6.45) is 3.25. The van der Waals surface area contributed by atoms with Gasteiger partial charge in [-0.05, 0) is 73.3 Å². The van der Waals surface area contributed by atoms with Crippen LogP contribution < -0.4 is 4.90 Å². The fraction of sp³-hybridized carbons (Fsp3) is 0.421. The van der Waals surface area contributed by atoms with Crippen molar-refractivity contribution in [2.45, 2.75) is 43.8 Å². The zero-order valence-corrected chi connectivity index (χ0v) is 15.6. The average Bonchev–Trinajstić information content (AvgIpc) is 3.16. The van der Waals surface area contributed by atoms with Gasteiger partial charge in [0.25, 0.3) is 0 Å². The van der Waals surface area contributed by atoms with Gasteiger partial charge in [-0.2, -0.15) is 11.3 Å². The molecular weight excluding hydrogens is 356 g/mol. The summed E-state index contributed by atoms with van der Waals surface area (Å²) in [6.45, 7) is 0. The Balaban J connectivity index is 1.74. The Labute approximate surface area is 156 Å². The molecule has 3 atom stereocenters. The van der Waals surface area contributed by atoms with Crippen molar-refractivity contribution < 1.29 is 9.90 Å². The van der Waals surface area contributed by atoms with Crippen LogP contribution in [0, 0.1) is 0 Å². The molecule has 2 aromatic rings. The first kappa shape index (κ1) is 16.9. The van der Waals surface area contributed by atoms with Gasteiger partial charge in [0.15, 0.2) is 0 Å². The Morgan fingerprint density at radius 1 is 1.28 bits per heavy atom. The summed E-state index contributed by atoms with van der Waals surface area (Å²) in [5, 5.41) is 14.7. The van der Waals surface area contributed by atoms with E-state index in [4.69, 9.17) is 11.6 Å². The van der Waals surface area contributed by atoms with Crippen LogP contribution in [0.15, 0.2) is 35.0 Å². The van der Waals surface area contributed by atoms with Crippen LogP contribution in [0.25, 0.3) is 11.1 Å². The number of carbonyl (C=O) groups is 1. The van der Waals surface area contributed by atoms with Crippen molar-refractivity contribution >= 4 is 34.7 Å². The number of fused-ring (bicyclic) bond motifs is 2. The van der Waals surface area contributed by atoms with Gasteiger partial charge in [-0.15, -0.1) is 0 Å². The maximum absolute atomic E-state index is 12.2. The van der Waals surface area contributed by atoms with E-state index in [0.29, 0.717) is 17.1 Å². The van der Waals surface area contributed by atoms with Crippen LogP contribution in [0.1, 0.15) is 25.7 Å². The van der Waals surface area contributed by atoms with Crippen molar-refractivity contribution in [3.8, 4) is 11.1 Å². The Morgan fingerprint density at radius 2 is 2.00 bits per heavy atom. The Hall–Kier alpha value is -1.56. The normalized spacial score (nSPS) is 25.9. The predicted molar refractivity (Wildman–Crippen MR) is 103 cm³/mol. The largest absolute Gasteiger partial charge is 0.465 e. The maximum atomic E-state index is 12.2. The van der Waals surface area contributed by atoms with Crippen LogP contribution in [-0.4, -0.2) is 41.3 Å². The molecule has 4 nitrogen and oxygen atoms in total. The number of anilines is 1. The first-order valence-corrected chi connectivity index (χ1v) is 9.93. The SMILES string of the molecule is CN1[C@@H]2CC[C@H]1C[C@@H](N(C(=O)O)c1ccc(Cl)cc1-c1ccsc1)C2. The smallest absolute Gasteiger partial charge is 0.412 e. The molecule has 0 unspecified atom stereocenters. The van der Waals surface area contributed by atoms with Crippen molar-refractivity contribution in [2.24, 2.45) is 0 Å². The van der Waals surface area contributed by atoms with E-state index in [1.807, 2.05) is 29.0 Å². The second-order valence-corrected chi connectivity index (χ2v) is 8.22. The maximum Gasteiger partial charge on any atom is 0.412 e. The molecule has 1 aromatic heterocycles. The summed E-state index contributed by atoms with van der Waals surface area (Å²) >= 11 is 7.81. The van der Waals surface area contributed by atoms with Gasteiger partial charge in [0, 0.05) is 28.7 Å². The summed E-state index contributed by atoms with van der Waals surface area (Å²) in [5.41, 5.74) is 2.65. The molecule has 25 heavy (non-hydrogen) atoms. The van der Waals surface area contributed by atoms with E-state index in [1.165, 1.54) is 12.8 Å². The van der Waals surface area contributed by atoms with Gasteiger partial charge < -0.3 is 10.0 Å². The molecule has 1 aromatic carbocycles. The molecule has 1 N–H and O–H groups in total. The lowest BCUT2D eigenvalue weighted by Crippen LogP contribution is -2.50. The highest BCUT2D eigenvalue weighted by Crippen LogP contribution is 2.41. The molecule has 2 bridgehead atoms. The number of nitrogens with zero attached hydrogens (tertiary/aromatic N) is 2. The third-order valence-corrected chi connectivity index (χ3v) is 6.61. The molecule has 3 heterocycles. The van der Waals surface area contributed by atoms with Gasteiger partial charge in [0.05, 0.1) is 5.69 Å². The molecule has 132 valence electrons. The van der Waals surface area contributed by atoms with Gasteiger partial charge in [0.2, 0.25) is 0 Å². The lowest BCUT2D eigenvalue weighted by Gasteiger charge is -2.41. The minimum absolute atomic E-state index is 0.0183. The third kappa shape index (κ3) is 3.05. The number of halogens is 1. The fourth-order valence-corrected chi connectivity index (χ4v) is 5.24. The van der Waals surface area contributed by atoms with E-state index in [2.05, 4.69) is 11.9 Å². The van der Waals surface area contributed by atoms with E-state index in [9.17, 15) is 9.90 Å².